The molecule has 1 fully saturated rings. The second-order valence-corrected chi connectivity index (χ2v) is 6.81. The highest BCUT2D eigenvalue weighted by Crippen LogP contribution is 2.14. The van der Waals surface area contributed by atoms with Gasteiger partial charge in [0.1, 0.15) is 0 Å². The second kappa shape index (κ2) is 9.32. The molecule has 1 atom stereocenters. The number of aromatic nitrogens is 1. The number of hydrogen-bond donors (Lipinski definition) is 3. The van der Waals surface area contributed by atoms with Gasteiger partial charge < -0.3 is 19.9 Å². The number of ether oxygens (including phenoxy) is 1. The van der Waals surface area contributed by atoms with E-state index in [0.29, 0.717) is 31.7 Å². The Bertz CT molecular complexity index is 827. The van der Waals surface area contributed by atoms with Crippen LogP contribution in [-0.2, 0) is 16.0 Å². The lowest BCUT2D eigenvalue weighted by Gasteiger charge is -2.35. The van der Waals surface area contributed by atoms with Crippen LogP contribution < -0.4 is 5.32 Å². The summed E-state index contributed by atoms with van der Waals surface area (Å²) in [5, 5.41) is 11.3. The van der Waals surface area contributed by atoms with E-state index in [1.54, 1.807) is 0 Å². The summed E-state index contributed by atoms with van der Waals surface area (Å²) in [7, 11) is 0. The molecule has 0 radical (unpaired) electrons. The Kier molecular flexibility index (Phi) is 6.60. The summed E-state index contributed by atoms with van der Waals surface area (Å²) in [6, 6.07) is 11.5. The molecule has 2 aromatic rings. The quantitative estimate of drug-likeness (QED) is 0.547. The van der Waals surface area contributed by atoms with Crippen molar-refractivity contribution in [1.82, 2.24) is 15.2 Å². The van der Waals surface area contributed by atoms with Gasteiger partial charge in [0.15, 0.2) is 11.7 Å². The molecule has 28 heavy (non-hydrogen) atoms. The Hall–Kier alpha value is -2.93. The third-order valence-electron chi connectivity index (χ3n) is 4.66. The molecule has 7 nitrogen and oxygen atoms in total. The molecule has 1 amide bonds. The number of amides is 1. The minimum absolute atomic E-state index is 0.00122. The highest BCUT2D eigenvalue weighted by atomic mass is 16.5. The van der Waals surface area contributed by atoms with Crippen LogP contribution in [0.3, 0.4) is 0 Å². The number of rotatable bonds is 5. The van der Waals surface area contributed by atoms with Crippen LogP contribution in [0.5, 0.6) is 0 Å². The number of morpholine rings is 1. The zero-order valence-electron chi connectivity index (χ0n) is 16.4. The Labute approximate surface area is 165 Å². The van der Waals surface area contributed by atoms with Gasteiger partial charge in [0, 0.05) is 24.8 Å². The monoisotopic (exact) mass is 381 g/mol. The number of nitrogens with one attached hydrogen (secondary N) is 3. The molecule has 0 aliphatic carbocycles. The van der Waals surface area contributed by atoms with Crippen LogP contribution in [0.1, 0.15) is 30.7 Å². The van der Waals surface area contributed by atoms with E-state index in [4.69, 9.17) is 10.1 Å². The van der Waals surface area contributed by atoms with Crippen molar-refractivity contribution in [2.45, 2.75) is 26.3 Å². The largest absolute Gasteiger partial charge is 0.377 e. The Morgan fingerprint density at radius 3 is 2.79 bits per heavy atom. The van der Waals surface area contributed by atoms with Crippen molar-refractivity contribution in [3.8, 4) is 0 Å². The SMILES string of the molecule is CCNC(=O)Cc1ccc(C(=N)N=C(c2ccc[nH]2)N2CCOC[C@H]2C)cc1. The lowest BCUT2D eigenvalue weighted by atomic mass is 10.1. The fourth-order valence-electron chi connectivity index (χ4n) is 3.19. The van der Waals surface area contributed by atoms with E-state index >= 15 is 0 Å². The highest BCUT2D eigenvalue weighted by Gasteiger charge is 2.24. The molecule has 0 unspecified atom stereocenters. The van der Waals surface area contributed by atoms with E-state index in [2.05, 4.69) is 27.1 Å². The van der Waals surface area contributed by atoms with Crippen LogP contribution in [0.15, 0.2) is 47.6 Å². The molecule has 2 heterocycles. The molecule has 148 valence electrons. The summed E-state index contributed by atoms with van der Waals surface area (Å²) in [6.45, 7) is 6.64. The number of aromatic amines is 1. The zero-order chi connectivity index (χ0) is 19.9. The molecular formula is C21H27N5O2. The lowest BCUT2D eigenvalue weighted by molar-refractivity contribution is -0.120. The molecule has 1 aromatic heterocycles. The number of amidine groups is 2. The smallest absolute Gasteiger partial charge is 0.224 e. The fraction of sp³-hybridized carbons (Fsp3) is 0.381. The maximum Gasteiger partial charge on any atom is 0.224 e. The van der Waals surface area contributed by atoms with Crippen molar-refractivity contribution in [3.63, 3.8) is 0 Å². The van der Waals surface area contributed by atoms with Gasteiger partial charge >= 0.3 is 0 Å². The van der Waals surface area contributed by atoms with Crippen molar-refractivity contribution in [1.29, 1.82) is 5.41 Å². The normalized spacial score (nSPS) is 17.4. The van der Waals surface area contributed by atoms with Crippen LogP contribution in [0.2, 0.25) is 0 Å². The Balaban J connectivity index is 1.80. The number of benzene rings is 1. The third kappa shape index (κ3) is 4.86. The standard InChI is InChI=1S/C21H27N5O2/c1-3-23-19(27)13-16-6-8-17(9-7-16)20(22)25-21(18-5-4-10-24-18)26-11-12-28-14-15(26)2/h4-10,15,22,24H,3,11-14H2,1-2H3,(H,23,27)/t15-/m1/s1. The first-order chi connectivity index (χ1) is 13.6. The third-order valence-corrected chi connectivity index (χ3v) is 4.66. The number of carbonyl (C=O) groups excluding carboxylic acids is 1. The van der Waals surface area contributed by atoms with Gasteiger partial charge in [-0.15, -0.1) is 0 Å². The van der Waals surface area contributed by atoms with Gasteiger partial charge in [0.05, 0.1) is 31.4 Å². The maximum absolute atomic E-state index is 11.7. The van der Waals surface area contributed by atoms with Crippen molar-refractivity contribution in [2.24, 2.45) is 4.99 Å². The lowest BCUT2D eigenvalue weighted by Crippen LogP contribution is -2.47. The number of H-pyrrole nitrogens is 1. The van der Waals surface area contributed by atoms with Crippen LogP contribution in [-0.4, -0.2) is 59.8 Å². The first-order valence-corrected chi connectivity index (χ1v) is 9.60. The molecule has 3 rings (SSSR count). The number of hydrogen-bond acceptors (Lipinski definition) is 3. The molecule has 0 spiro atoms. The van der Waals surface area contributed by atoms with Crippen molar-refractivity contribution in [3.05, 3.63) is 59.4 Å². The summed E-state index contributed by atoms with van der Waals surface area (Å²) in [6.07, 6.45) is 2.19. The van der Waals surface area contributed by atoms with Gasteiger partial charge in [-0.05, 0) is 31.5 Å². The molecule has 0 bridgehead atoms. The average Bonchev–Trinajstić information content (AvgIpc) is 3.22. The van der Waals surface area contributed by atoms with E-state index < -0.39 is 0 Å². The fourth-order valence-corrected chi connectivity index (χ4v) is 3.19. The molecule has 1 aliphatic rings. The second-order valence-electron chi connectivity index (χ2n) is 6.81. The van der Waals surface area contributed by atoms with E-state index in [1.165, 1.54) is 0 Å². The van der Waals surface area contributed by atoms with Gasteiger partial charge in [0.25, 0.3) is 0 Å². The summed E-state index contributed by atoms with van der Waals surface area (Å²) in [5.41, 5.74) is 2.51. The van der Waals surface area contributed by atoms with Crippen LogP contribution in [0.25, 0.3) is 0 Å². The molecule has 7 heteroatoms. The minimum atomic E-state index is -0.00122. The van der Waals surface area contributed by atoms with Gasteiger partial charge in [-0.1, -0.05) is 24.3 Å². The molecular weight excluding hydrogens is 354 g/mol. The van der Waals surface area contributed by atoms with E-state index in [9.17, 15) is 4.79 Å². The predicted octanol–water partition coefficient (Wildman–Crippen LogP) is 2.19. The van der Waals surface area contributed by atoms with Gasteiger partial charge in [-0.2, -0.15) is 0 Å². The van der Waals surface area contributed by atoms with Gasteiger partial charge in [-0.3, -0.25) is 10.2 Å². The first kappa shape index (κ1) is 19.8. The number of aliphatic imine (C=N–C) groups is 1. The number of likely N-dealkylation sites (N-methyl/N-ethyl adjacent to an activating group) is 1. The minimum Gasteiger partial charge on any atom is -0.377 e. The van der Waals surface area contributed by atoms with Crippen LogP contribution >= 0.6 is 0 Å². The van der Waals surface area contributed by atoms with Crippen molar-refractivity contribution >= 4 is 17.6 Å². The summed E-state index contributed by atoms with van der Waals surface area (Å²) in [4.78, 5) is 21.7. The Morgan fingerprint density at radius 1 is 1.36 bits per heavy atom. The van der Waals surface area contributed by atoms with Gasteiger partial charge in [-0.25, -0.2) is 4.99 Å². The van der Waals surface area contributed by atoms with Crippen LogP contribution in [0, 0.1) is 5.41 Å². The molecule has 3 N–H and O–H groups in total. The van der Waals surface area contributed by atoms with Crippen molar-refractivity contribution < 1.29 is 9.53 Å². The predicted molar refractivity (Wildman–Crippen MR) is 110 cm³/mol. The van der Waals surface area contributed by atoms with Gasteiger partial charge in [0.2, 0.25) is 5.91 Å². The van der Waals surface area contributed by atoms with E-state index in [0.717, 1.165) is 23.6 Å². The maximum atomic E-state index is 11.7. The summed E-state index contributed by atoms with van der Waals surface area (Å²) in [5.74, 6) is 0.934. The van der Waals surface area contributed by atoms with Crippen LogP contribution in [0.4, 0.5) is 0 Å². The Morgan fingerprint density at radius 2 is 2.14 bits per heavy atom. The number of carbonyl (C=O) groups is 1. The first-order valence-electron chi connectivity index (χ1n) is 9.60. The summed E-state index contributed by atoms with van der Waals surface area (Å²) < 4.78 is 5.54. The average molecular weight is 381 g/mol. The molecule has 0 saturated carbocycles. The molecule has 1 saturated heterocycles. The topological polar surface area (TPSA) is 93.6 Å². The summed E-state index contributed by atoms with van der Waals surface area (Å²) >= 11 is 0. The van der Waals surface area contributed by atoms with Crippen molar-refractivity contribution in [2.75, 3.05) is 26.3 Å². The van der Waals surface area contributed by atoms with E-state index in [-0.39, 0.29) is 17.8 Å². The zero-order valence-corrected chi connectivity index (χ0v) is 16.4. The highest BCUT2D eigenvalue weighted by molar-refractivity contribution is 6.09. The number of nitrogens with zero attached hydrogens (tertiary/aromatic N) is 2. The van der Waals surface area contributed by atoms with E-state index in [1.807, 2.05) is 49.5 Å². The molecule has 1 aliphatic heterocycles. The molecule has 1 aromatic carbocycles.